The van der Waals surface area contributed by atoms with Gasteiger partial charge in [0.2, 0.25) is 0 Å². The summed E-state index contributed by atoms with van der Waals surface area (Å²) in [4.78, 5) is 14.4. The quantitative estimate of drug-likeness (QED) is 0.732. The fourth-order valence-electron chi connectivity index (χ4n) is 1.53. The molecule has 2 aromatic rings. The van der Waals surface area contributed by atoms with Crippen LogP contribution in [0.5, 0.6) is 0 Å². The molecule has 0 aliphatic carbocycles. The largest absolute Gasteiger partial charge is 0.330 e. The highest BCUT2D eigenvalue weighted by Gasteiger charge is 2.05. The topological polar surface area (TPSA) is 37.8 Å². The molecule has 0 unspecified atom stereocenters. The summed E-state index contributed by atoms with van der Waals surface area (Å²) in [6.45, 7) is 3.84. The van der Waals surface area contributed by atoms with Crippen molar-refractivity contribution in [1.29, 1.82) is 0 Å². The molecule has 0 radical (unpaired) electrons. The number of benzene rings is 1. The molecule has 0 fully saturated rings. The van der Waals surface area contributed by atoms with E-state index in [9.17, 15) is 4.79 Å². The highest BCUT2D eigenvalue weighted by Crippen LogP contribution is 2.12. The summed E-state index contributed by atoms with van der Waals surface area (Å²) in [5.74, 6) is 0. The number of fused-ring (bicyclic) bond motifs is 1. The van der Waals surface area contributed by atoms with Gasteiger partial charge in [-0.3, -0.25) is 4.57 Å². The van der Waals surface area contributed by atoms with Crippen molar-refractivity contribution in [2.24, 2.45) is 0 Å². The van der Waals surface area contributed by atoms with Gasteiger partial charge in [-0.15, -0.1) is 0 Å². The van der Waals surface area contributed by atoms with E-state index in [0.29, 0.717) is 0 Å². The van der Waals surface area contributed by atoms with Crippen molar-refractivity contribution >= 4 is 16.7 Å². The lowest BCUT2D eigenvalue weighted by molar-refractivity contribution is 1.03. The molecule has 0 spiro atoms. The van der Waals surface area contributed by atoms with Crippen LogP contribution in [0.3, 0.4) is 0 Å². The number of imidazole rings is 1. The summed E-state index contributed by atoms with van der Waals surface area (Å²) in [7, 11) is 0. The highest BCUT2D eigenvalue weighted by molar-refractivity contribution is 5.78. The zero-order chi connectivity index (χ0) is 10.1. The van der Waals surface area contributed by atoms with Crippen LogP contribution in [0.25, 0.3) is 16.7 Å². The smallest absolute Gasteiger partial charge is 0.305 e. The average Bonchev–Trinajstić information content (AvgIpc) is 2.53. The fourth-order valence-corrected chi connectivity index (χ4v) is 1.53. The summed E-state index contributed by atoms with van der Waals surface area (Å²) in [5.41, 5.74) is 2.65. The number of nitrogens with zero attached hydrogens (tertiary/aromatic N) is 1. The molecule has 14 heavy (non-hydrogen) atoms. The summed E-state index contributed by atoms with van der Waals surface area (Å²) in [5, 5.41) is 0. The van der Waals surface area contributed by atoms with E-state index < -0.39 is 0 Å². The summed E-state index contributed by atoms with van der Waals surface area (Å²) in [6.07, 6.45) is 1.92. The van der Waals surface area contributed by atoms with Crippen LogP contribution < -0.4 is 5.69 Å². The van der Waals surface area contributed by atoms with Gasteiger partial charge in [0.15, 0.2) is 0 Å². The highest BCUT2D eigenvalue weighted by atomic mass is 16.1. The van der Waals surface area contributed by atoms with Crippen molar-refractivity contribution in [2.75, 3.05) is 0 Å². The van der Waals surface area contributed by atoms with E-state index in [1.54, 1.807) is 4.57 Å². The molecule has 72 valence electrons. The van der Waals surface area contributed by atoms with Crippen LogP contribution in [0.4, 0.5) is 0 Å². The fraction of sp³-hybridized carbons (Fsp3) is 0.182. The second-order valence-corrected chi connectivity index (χ2v) is 3.21. The molecule has 0 aliphatic rings. The number of aromatic nitrogens is 2. The van der Waals surface area contributed by atoms with E-state index in [0.717, 1.165) is 16.7 Å². The maximum Gasteiger partial charge on any atom is 0.330 e. The predicted octanol–water partition coefficient (Wildman–Crippen LogP) is 2.21. The second kappa shape index (κ2) is 3.18. The van der Waals surface area contributed by atoms with Gasteiger partial charge >= 0.3 is 5.69 Å². The number of para-hydroxylation sites is 2. The number of aromatic amines is 1. The van der Waals surface area contributed by atoms with Gasteiger partial charge in [-0.05, 0) is 26.0 Å². The Bertz CT molecular complexity index is 546. The van der Waals surface area contributed by atoms with Crippen molar-refractivity contribution in [3.8, 4) is 0 Å². The Balaban J connectivity index is 2.88. The van der Waals surface area contributed by atoms with Crippen LogP contribution in [-0.2, 0) is 0 Å². The number of nitrogens with one attached hydrogen (secondary N) is 1. The van der Waals surface area contributed by atoms with Crippen molar-refractivity contribution in [1.82, 2.24) is 9.55 Å². The normalized spacial score (nSPS) is 12.3. The van der Waals surface area contributed by atoms with Gasteiger partial charge in [-0.1, -0.05) is 18.2 Å². The maximum absolute atomic E-state index is 11.6. The first kappa shape index (κ1) is 8.81. The monoisotopic (exact) mass is 188 g/mol. The molecule has 0 saturated heterocycles. The Hall–Kier alpha value is -1.77. The van der Waals surface area contributed by atoms with Crippen molar-refractivity contribution in [3.63, 3.8) is 0 Å². The minimum absolute atomic E-state index is 0.0817. The van der Waals surface area contributed by atoms with Crippen LogP contribution in [0, 0.1) is 0 Å². The zero-order valence-corrected chi connectivity index (χ0v) is 8.24. The van der Waals surface area contributed by atoms with Crippen molar-refractivity contribution in [2.45, 2.75) is 13.8 Å². The minimum atomic E-state index is -0.0817. The number of hydrogen-bond donors (Lipinski definition) is 1. The lowest BCUT2D eigenvalue weighted by Gasteiger charge is -2.00. The molecule has 0 bridgehead atoms. The molecule has 0 amide bonds. The molecule has 3 nitrogen and oxygen atoms in total. The van der Waals surface area contributed by atoms with Gasteiger partial charge in [-0.25, -0.2) is 4.79 Å². The molecular formula is C11H12N2O. The standard InChI is InChI=1S/C11H12N2O/c1-3-8(2)13-10-7-5-4-6-9(10)12-11(13)14/h3-7H,1-2H3,(H,12,14)/b8-3+. The molecule has 1 aromatic heterocycles. The average molecular weight is 188 g/mol. The molecule has 0 aliphatic heterocycles. The van der Waals surface area contributed by atoms with Crippen LogP contribution in [0.2, 0.25) is 0 Å². The van der Waals surface area contributed by atoms with Gasteiger partial charge in [0.05, 0.1) is 11.0 Å². The first-order valence-electron chi connectivity index (χ1n) is 4.57. The Morgan fingerprint density at radius 2 is 2.14 bits per heavy atom. The Morgan fingerprint density at radius 3 is 2.86 bits per heavy atom. The van der Waals surface area contributed by atoms with E-state index in [4.69, 9.17) is 0 Å². The SMILES string of the molecule is C/C=C(\C)n1c(=O)[nH]c2ccccc21. The summed E-state index contributed by atoms with van der Waals surface area (Å²) >= 11 is 0. The summed E-state index contributed by atoms with van der Waals surface area (Å²) in [6, 6.07) is 7.67. The molecule has 1 heterocycles. The first-order chi connectivity index (χ1) is 6.74. The van der Waals surface area contributed by atoms with Crippen LogP contribution in [0.15, 0.2) is 35.1 Å². The van der Waals surface area contributed by atoms with E-state index in [2.05, 4.69) is 4.98 Å². The molecule has 2 rings (SSSR count). The predicted molar refractivity (Wildman–Crippen MR) is 58.2 cm³/mol. The molecule has 1 aromatic carbocycles. The number of H-pyrrole nitrogens is 1. The molecule has 0 saturated carbocycles. The van der Waals surface area contributed by atoms with Crippen molar-refractivity contribution < 1.29 is 0 Å². The molecular weight excluding hydrogens is 176 g/mol. The Labute approximate surface area is 81.7 Å². The molecule has 0 atom stereocenters. The van der Waals surface area contributed by atoms with Crippen LogP contribution in [0.1, 0.15) is 13.8 Å². The van der Waals surface area contributed by atoms with E-state index >= 15 is 0 Å². The number of rotatable bonds is 1. The second-order valence-electron chi connectivity index (χ2n) is 3.21. The van der Waals surface area contributed by atoms with Gasteiger partial charge in [0, 0.05) is 5.70 Å². The third-order valence-electron chi connectivity index (χ3n) is 2.36. The van der Waals surface area contributed by atoms with Gasteiger partial charge in [-0.2, -0.15) is 0 Å². The minimum Gasteiger partial charge on any atom is -0.305 e. The van der Waals surface area contributed by atoms with Crippen molar-refractivity contribution in [3.05, 3.63) is 40.8 Å². The lowest BCUT2D eigenvalue weighted by Crippen LogP contribution is -2.14. The number of allylic oxidation sites excluding steroid dienone is 2. The van der Waals surface area contributed by atoms with E-state index in [1.807, 2.05) is 44.2 Å². The van der Waals surface area contributed by atoms with Gasteiger partial charge < -0.3 is 4.98 Å². The van der Waals surface area contributed by atoms with Crippen LogP contribution >= 0.6 is 0 Å². The van der Waals surface area contributed by atoms with Gasteiger partial charge in [0.1, 0.15) is 0 Å². The first-order valence-corrected chi connectivity index (χ1v) is 4.57. The third kappa shape index (κ3) is 1.18. The maximum atomic E-state index is 11.6. The number of hydrogen-bond acceptors (Lipinski definition) is 1. The molecule has 3 heteroatoms. The lowest BCUT2D eigenvalue weighted by atomic mass is 10.3. The van der Waals surface area contributed by atoms with E-state index in [-0.39, 0.29) is 5.69 Å². The third-order valence-corrected chi connectivity index (χ3v) is 2.36. The zero-order valence-electron chi connectivity index (χ0n) is 8.24. The van der Waals surface area contributed by atoms with Crippen LogP contribution in [-0.4, -0.2) is 9.55 Å². The van der Waals surface area contributed by atoms with Gasteiger partial charge in [0.25, 0.3) is 0 Å². The Morgan fingerprint density at radius 1 is 1.43 bits per heavy atom. The summed E-state index contributed by atoms with van der Waals surface area (Å²) < 4.78 is 1.68. The Kier molecular flexibility index (Phi) is 2.00. The van der Waals surface area contributed by atoms with E-state index in [1.165, 1.54) is 0 Å². The molecule has 1 N–H and O–H groups in total.